The maximum absolute atomic E-state index is 14.3. The summed E-state index contributed by atoms with van der Waals surface area (Å²) >= 11 is 0. The van der Waals surface area contributed by atoms with Gasteiger partial charge in [0.05, 0.1) is 17.3 Å². The van der Waals surface area contributed by atoms with Crippen LogP contribution in [-0.4, -0.2) is 19.1 Å². The number of rotatable bonds is 4. The van der Waals surface area contributed by atoms with E-state index in [1.54, 1.807) is 30.3 Å². The molecular weight excluding hydrogens is 327 g/mol. The zero-order chi connectivity index (χ0) is 18.4. The first kappa shape index (κ1) is 17.9. The Morgan fingerprint density at radius 2 is 1.92 bits per heavy atom. The second-order valence-electron chi connectivity index (χ2n) is 5.05. The third-order valence-corrected chi connectivity index (χ3v) is 3.27. The van der Waals surface area contributed by atoms with E-state index < -0.39 is 18.4 Å². The molecular formula is C18H15FN2O4. The fraction of sp³-hybridized carbons (Fsp3) is 0.167. The minimum atomic E-state index is -2.08. The van der Waals surface area contributed by atoms with Gasteiger partial charge in [-0.1, -0.05) is 24.3 Å². The molecule has 25 heavy (non-hydrogen) atoms. The Hall–Kier alpha value is -3.40. The predicted molar refractivity (Wildman–Crippen MR) is 87.6 cm³/mol. The summed E-state index contributed by atoms with van der Waals surface area (Å²) in [6, 6.07) is 13.9. The van der Waals surface area contributed by atoms with Crippen LogP contribution in [0, 0.1) is 11.3 Å². The number of hydrogen-bond acceptors (Lipinski definition) is 5. The van der Waals surface area contributed by atoms with Crippen LogP contribution in [0.1, 0.15) is 24.4 Å². The maximum Gasteiger partial charge on any atom is 0.416 e. The van der Waals surface area contributed by atoms with Crippen molar-refractivity contribution in [2.75, 3.05) is 11.9 Å². The van der Waals surface area contributed by atoms with Crippen LogP contribution < -0.4 is 9.64 Å². The molecule has 2 aromatic rings. The summed E-state index contributed by atoms with van der Waals surface area (Å²) in [4.78, 5) is 24.2. The molecule has 1 atom stereocenters. The number of nitriles is 1. The van der Waals surface area contributed by atoms with Crippen LogP contribution in [0.2, 0.25) is 0 Å². The van der Waals surface area contributed by atoms with Crippen molar-refractivity contribution in [1.82, 2.24) is 0 Å². The van der Waals surface area contributed by atoms with E-state index in [1.807, 2.05) is 6.07 Å². The number of carbonyl (C=O) groups excluding carboxylic acids is 2. The van der Waals surface area contributed by atoms with Gasteiger partial charge in [-0.05, 0) is 18.2 Å². The molecule has 0 aliphatic rings. The minimum Gasteiger partial charge on any atom is -0.427 e. The molecule has 0 saturated carbocycles. The van der Waals surface area contributed by atoms with E-state index in [0.717, 1.165) is 4.90 Å². The average Bonchev–Trinajstić information content (AvgIpc) is 2.60. The number of anilines is 1. The van der Waals surface area contributed by atoms with Gasteiger partial charge in [-0.15, -0.1) is 0 Å². The number of nitrogens with zero attached hydrogens (tertiary/aromatic N) is 2. The first-order valence-corrected chi connectivity index (χ1v) is 7.28. The normalized spacial score (nSPS) is 11.1. The molecule has 0 N–H and O–H groups in total. The Labute approximate surface area is 144 Å². The lowest BCUT2D eigenvalue weighted by Crippen LogP contribution is -2.28. The third kappa shape index (κ3) is 4.54. The second-order valence-corrected chi connectivity index (χ2v) is 5.05. The molecule has 2 rings (SSSR count). The Morgan fingerprint density at radius 1 is 1.20 bits per heavy atom. The van der Waals surface area contributed by atoms with Crippen molar-refractivity contribution in [2.45, 2.75) is 13.3 Å². The van der Waals surface area contributed by atoms with Gasteiger partial charge in [-0.3, -0.25) is 9.69 Å². The summed E-state index contributed by atoms with van der Waals surface area (Å²) in [5, 5.41) is 8.98. The molecule has 0 aromatic heterocycles. The summed E-state index contributed by atoms with van der Waals surface area (Å²) in [6.07, 6.45) is -3.04. The van der Waals surface area contributed by atoms with Gasteiger partial charge in [0.2, 0.25) is 0 Å². The molecule has 0 heterocycles. The Morgan fingerprint density at radius 3 is 2.60 bits per heavy atom. The summed E-state index contributed by atoms with van der Waals surface area (Å²) in [5.74, 6) is -0.254. The molecule has 0 saturated heterocycles. The average molecular weight is 342 g/mol. The fourth-order valence-corrected chi connectivity index (χ4v) is 2.05. The number of halogens is 1. The molecule has 0 spiro atoms. The Bertz CT molecular complexity index is 832. The van der Waals surface area contributed by atoms with Gasteiger partial charge in [0.15, 0.2) is 0 Å². The number of hydrogen-bond donors (Lipinski definition) is 0. The highest BCUT2D eigenvalue weighted by molar-refractivity contribution is 5.87. The summed E-state index contributed by atoms with van der Waals surface area (Å²) < 4.78 is 24.0. The SMILES string of the molecule is CC(=O)Oc1cccc(N(C)C(=O)OC(F)c2ccccc2C#N)c1. The van der Waals surface area contributed by atoms with E-state index in [9.17, 15) is 14.0 Å². The lowest BCUT2D eigenvalue weighted by molar-refractivity contribution is -0.131. The largest absolute Gasteiger partial charge is 0.427 e. The number of esters is 1. The van der Waals surface area contributed by atoms with Crippen molar-refractivity contribution in [1.29, 1.82) is 5.26 Å². The first-order valence-electron chi connectivity index (χ1n) is 7.28. The van der Waals surface area contributed by atoms with Crippen molar-refractivity contribution in [3.8, 4) is 11.8 Å². The van der Waals surface area contributed by atoms with Crippen molar-refractivity contribution in [3.63, 3.8) is 0 Å². The van der Waals surface area contributed by atoms with Crippen LogP contribution in [-0.2, 0) is 9.53 Å². The highest BCUT2D eigenvalue weighted by Crippen LogP contribution is 2.25. The lowest BCUT2D eigenvalue weighted by atomic mass is 10.1. The Kier molecular flexibility index (Phi) is 5.69. The van der Waals surface area contributed by atoms with Crippen molar-refractivity contribution in [3.05, 3.63) is 59.7 Å². The van der Waals surface area contributed by atoms with Gasteiger partial charge >= 0.3 is 12.1 Å². The maximum atomic E-state index is 14.3. The van der Waals surface area contributed by atoms with E-state index in [1.165, 1.54) is 32.2 Å². The van der Waals surface area contributed by atoms with Gasteiger partial charge in [-0.25, -0.2) is 4.79 Å². The molecule has 0 radical (unpaired) electrons. The quantitative estimate of drug-likeness (QED) is 0.625. The van der Waals surface area contributed by atoms with Crippen LogP contribution in [0.3, 0.4) is 0 Å². The topological polar surface area (TPSA) is 79.6 Å². The molecule has 6 nitrogen and oxygen atoms in total. The van der Waals surface area contributed by atoms with Gasteiger partial charge in [0, 0.05) is 25.6 Å². The number of alkyl halides is 1. The standard InChI is InChI=1S/C18H15FN2O4/c1-12(22)24-15-8-5-7-14(10-15)21(2)18(23)25-17(19)16-9-4-3-6-13(16)11-20/h3-10,17H,1-2H3. The van der Waals surface area contributed by atoms with Gasteiger partial charge < -0.3 is 9.47 Å². The van der Waals surface area contributed by atoms with E-state index in [2.05, 4.69) is 0 Å². The molecule has 0 aliphatic heterocycles. The van der Waals surface area contributed by atoms with Crippen molar-refractivity contribution >= 4 is 17.7 Å². The van der Waals surface area contributed by atoms with Crippen LogP contribution in [0.5, 0.6) is 5.75 Å². The number of ether oxygens (including phenoxy) is 2. The van der Waals surface area contributed by atoms with E-state index >= 15 is 0 Å². The highest BCUT2D eigenvalue weighted by atomic mass is 19.1. The second kappa shape index (κ2) is 7.93. The van der Waals surface area contributed by atoms with E-state index in [-0.39, 0.29) is 16.9 Å². The van der Waals surface area contributed by atoms with Crippen molar-refractivity contribution in [2.24, 2.45) is 0 Å². The van der Waals surface area contributed by atoms with Gasteiger partial charge in [0.25, 0.3) is 6.36 Å². The number of carbonyl (C=O) groups is 2. The summed E-state index contributed by atoms with van der Waals surface area (Å²) in [7, 11) is 1.39. The van der Waals surface area contributed by atoms with Crippen LogP contribution in [0.15, 0.2) is 48.5 Å². The van der Waals surface area contributed by atoms with Gasteiger partial charge in [0.1, 0.15) is 5.75 Å². The Balaban J connectivity index is 2.12. The van der Waals surface area contributed by atoms with Crippen LogP contribution >= 0.6 is 0 Å². The zero-order valence-electron chi connectivity index (χ0n) is 13.6. The lowest BCUT2D eigenvalue weighted by Gasteiger charge is -2.19. The number of amides is 1. The smallest absolute Gasteiger partial charge is 0.416 e. The molecule has 7 heteroatoms. The first-order chi connectivity index (χ1) is 11.9. The molecule has 2 aromatic carbocycles. The van der Waals surface area contributed by atoms with Gasteiger partial charge in [-0.2, -0.15) is 9.65 Å². The van der Waals surface area contributed by atoms with E-state index in [0.29, 0.717) is 5.69 Å². The zero-order valence-corrected chi connectivity index (χ0v) is 13.6. The summed E-state index contributed by atoms with van der Waals surface area (Å²) in [5.41, 5.74) is 0.409. The molecule has 0 fully saturated rings. The van der Waals surface area contributed by atoms with Crippen molar-refractivity contribution < 1.29 is 23.5 Å². The minimum absolute atomic E-state index is 0.0274. The molecule has 1 unspecified atom stereocenters. The molecule has 0 bridgehead atoms. The molecule has 1 amide bonds. The number of benzene rings is 2. The van der Waals surface area contributed by atoms with Crippen LogP contribution in [0.25, 0.3) is 0 Å². The third-order valence-electron chi connectivity index (χ3n) is 3.27. The van der Waals surface area contributed by atoms with E-state index in [4.69, 9.17) is 14.7 Å². The predicted octanol–water partition coefficient (Wildman–Crippen LogP) is 3.72. The highest BCUT2D eigenvalue weighted by Gasteiger charge is 2.22. The summed E-state index contributed by atoms with van der Waals surface area (Å²) in [6.45, 7) is 1.25. The molecule has 0 aliphatic carbocycles. The molecule has 128 valence electrons. The monoisotopic (exact) mass is 342 g/mol. The fourth-order valence-electron chi connectivity index (χ4n) is 2.05. The van der Waals surface area contributed by atoms with Crippen LogP contribution in [0.4, 0.5) is 14.9 Å².